The molecular weight excluding hydrogens is 520 g/mol. The van der Waals surface area contributed by atoms with E-state index in [1.165, 1.54) is 64.1 Å². The number of hydrogen-bond donors (Lipinski definition) is 1. The molecule has 1 aromatic carbocycles. The lowest BCUT2D eigenvalue weighted by Gasteiger charge is -2.43. The van der Waals surface area contributed by atoms with Crippen molar-refractivity contribution in [2.75, 3.05) is 44.8 Å². The van der Waals surface area contributed by atoms with Crippen molar-refractivity contribution in [3.05, 3.63) is 29.8 Å². The maximum absolute atomic E-state index is 11.8. The summed E-state index contributed by atoms with van der Waals surface area (Å²) in [5.41, 5.74) is 2.11. The molecule has 3 rings (SSSR count). The fraction of sp³-hybridized carbons (Fsp3) is 0.727. The number of ether oxygens (including phenoxy) is 3. The van der Waals surface area contributed by atoms with Gasteiger partial charge in [0.1, 0.15) is 13.2 Å². The third-order valence-corrected chi connectivity index (χ3v) is 9.17. The van der Waals surface area contributed by atoms with E-state index in [4.69, 9.17) is 14.2 Å². The summed E-state index contributed by atoms with van der Waals surface area (Å²) in [5.74, 6) is -1.07. The van der Waals surface area contributed by atoms with E-state index in [1.807, 2.05) is 0 Å². The SMILES string of the molecule is CC(=O)OCCC(CCC1(CCN2CCC(Nc3ccc(C)cc3)CC2)CCCCC1)(COC(C)=O)COC(C)=O. The van der Waals surface area contributed by atoms with E-state index >= 15 is 0 Å². The van der Waals surface area contributed by atoms with Crippen LogP contribution in [0.4, 0.5) is 5.69 Å². The van der Waals surface area contributed by atoms with Crippen LogP contribution in [0, 0.1) is 17.8 Å². The smallest absolute Gasteiger partial charge is 0.302 e. The van der Waals surface area contributed by atoms with Crippen LogP contribution in [0.15, 0.2) is 24.3 Å². The number of rotatable bonds is 15. The quantitative estimate of drug-likeness (QED) is 0.200. The Kier molecular flexibility index (Phi) is 12.9. The largest absolute Gasteiger partial charge is 0.466 e. The number of hydrogen-bond acceptors (Lipinski definition) is 8. The second-order valence-corrected chi connectivity index (χ2v) is 12.6. The first kappa shape index (κ1) is 32.9. The van der Waals surface area contributed by atoms with Gasteiger partial charge >= 0.3 is 17.9 Å². The Balaban J connectivity index is 1.61. The molecule has 1 aromatic rings. The minimum atomic E-state index is -0.586. The number of benzene rings is 1. The average Bonchev–Trinajstić information content (AvgIpc) is 2.95. The molecule has 230 valence electrons. The molecule has 1 saturated heterocycles. The number of aryl methyl sites for hydroxylation is 1. The van der Waals surface area contributed by atoms with Crippen LogP contribution in [0.2, 0.25) is 0 Å². The van der Waals surface area contributed by atoms with Gasteiger partial charge in [0.05, 0.1) is 6.61 Å². The van der Waals surface area contributed by atoms with Crippen LogP contribution >= 0.6 is 0 Å². The lowest BCUT2D eigenvalue weighted by Crippen LogP contribution is -2.42. The Morgan fingerprint density at radius 3 is 2.00 bits per heavy atom. The summed E-state index contributed by atoms with van der Waals surface area (Å²) in [6.45, 7) is 10.1. The first-order chi connectivity index (χ1) is 19.6. The fourth-order valence-corrected chi connectivity index (χ4v) is 6.41. The van der Waals surface area contributed by atoms with Gasteiger partial charge < -0.3 is 24.4 Å². The minimum absolute atomic E-state index is 0.147. The second-order valence-electron chi connectivity index (χ2n) is 12.6. The van der Waals surface area contributed by atoms with Gasteiger partial charge in [-0.25, -0.2) is 0 Å². The maximum atomic E-state index is 11.8. The van der Waals surface area contributed by atoms with Crippen molar-refractivity contribution in [1.82, 2.24) is 4.90 Å². The highest BCUT2D eigenvalue weighted by Crippen LogP contribution is 2.46. The van der Waals surface area contributed by atoms with E-state index in [0.29, 0.717) is 12.5 Å². The lowest BCUT2D eigenvalue weighted by molar-refractivity contribution is -0.156. The third kappa shape index (κ3) is 11.7. The van der Waals surface area contributed by atoms with E-state index < -0.39 is 5.41 Å². The van der Waals surface area contributed by atoms with E-state index in [0.717, 1.165) is 51.7 Å². The summed E-state index contributed by atoms with van der Waals surface area (Å²) in [5, 5.41) is 3.71. The lowest BCUT2D eigenvalue weighted by atomic mass is 9.66. The number of piperidine rings is 1. The number of anilines is 1. The van der Waals surface area contributed by atoms with E-state index in [1.54, 1.807) is 0 Å². The van der Waals surface area contributed by atoms with Crippen molar-refractivity contribution in [2.45, 2.75) is 104 Å². The van der Waals surface area contributed by atoms with Gasteiger partial charge in [-0.1, -0.05) is 37.0 Å². The molecule has 0 bridgehead atoms. The van der Waals surface area contributed by atoms with Gasteiger partial charge in [0.2, 0.25) is 0 Å². The molecule has 0 aromatic heterocycles. The topological polar surface area (TPSA) is 94.2 Å². The molecule has 0 spiro atoms. The minimum Gasteiger partial charge on any atom is -0.466 e. The number of nitrogens with zero attached hydrogens (tertiary/aromatic N) is 1. The summed E-state index contributed by atoms with van der Waals surface area (Å²) in [6.07, 6.45) is 11.8. The molecule has 1 N–H and O–H groups in total. The van der Waals surface area contributed by atoms with Crippen molar-refractivity contribution in [1.29, 1.82) is 0 Å². The van der Waals surface area contributed by atoms with Crippen LogP contribution in [-0.2, 0) is 28.6 Å². The number of esters is 3. The van der Waals surface area contributed by atoms with E-state index in [9.17, 15) is 14.4 Å². The van der Waals surface area contributed by atoms with Crippen molar-refractivity contribution >= 4 is 23.6 Å². The van der Waals surface area contributed by atoms with Crippen LogP contribution in [0.3, 0.4) is 0 Å². The zero-order valence-electron chi connectivity index (χ0n) is 25.8. The normalized spacial score (nSPS) is 18.0. The third-order valence-electron chi connectivity index (χ3n) is 9.17. The molecule has 0 unspecified atom stereocenters. The van der Waals surface area contributed by atoms with E-state index in [-0.39, 0.29) is 43.1 Å². The van der Waals surface area contributed by atoms with Crippen LogP contribution in [0.25, 0.3) is 0 Å². The second kappa shape index (κ2) is 16.1. The number of likely N-dealkylation sites (tertiary alicyclic amines) is 1. The first-order valence-corrected chi connectivity index (χ1v) is 15.5. The molecule has 1 aliphatic carbocycles. The summed E-state index contributed by atoms with van der Waals surface area (Å²) in [6, 6.07) is 9.17. The molecule has 41 heavy (non-hydrogen) atoms. The summed E-state index contributed by atoms with van der Waals surface area (Å²) in [7, 11) is 0. The van der Waals surface area contributed by atoms with Crippen LogP contribution < -0.4 is 5.32 Å². The Bertz CT molecular complexity index is 946. The highest BCUT2D eigenvalue weighted by molar-refractivity contribution is 5.66. The zero-order chi connectivity index (χ0) is 29.7. The Morgan fingerprint density at radius 1 is 0.854 bits per heavy atom. The first-order valence-electron chi connectivity index (χ1n) is 15.5. The van der Waals surface area contributed by atoms with Gasteiger partial charge in [-0.15, -0.1) is 0 Å². The van der Waals surface area contributed by atoms with Crippen molar-refractivity contribution < 1.29 is 28.6 Å². The Hall–Kier alpha value is -2.61. The molecule has 0 atom stereocenters. The molecule has 1 aliphatic heterocycles. The predicted octanol–water partition coefficient (Wildman–Crippen LogP) is 6.06. The van der Waals surface area contributed by atoms with Gasteiger partial charge in [0.15, 0.2) is 0 Å². The molecule has 1 saturated carbocycles. The molecule has 8 nitrogen and oxygen atoms in total. The predicted molar refractivity (Wildman–Crippen MR) is 161 cm³/mol. The molecule has 2 aliphatic rings. The summed E-state index contributed by atoms with van der Waals surface area (Å²) in [4.78, 5) is 37.6. The monoisotopic (exact) mass is 572 g/mol. The molecule has 8 heteroatoms. The average molecular weight is 573 g/mol. The van der Waals surface area contributed by atoms with Crippen molar-refractivity contribution in [3.8, 4) is 0 Å². The van der Waals surface area contributed by atoms with Gasteiger partial charge in [0, 0.05) is 51.0 Å². The number of carbonyl (C=O) groups excluding carboxylic acids is 3. The Labute approximate surface area is 246 Å². The Morgan fingerprint density at radius 2 is 1.44 bits per heavy atom. The molecule has 2 fully saturated rings. The highest BCUT2D eigenvalue weighted by Gasteiger charge is 2.39. The van der Waals surface area contributed by atoms with Gasteiger partial charge in [-0.2, -0.15) is 0 Å². The zero-order valence-corrected chi connectivity index (χ0v) is 25.8. The van der Waals surface area contributed by atoms with Crippen molar-refractivity contribution in [3.63, 3.8) is 0 Å². The molecule has 0 amide bonds. The molecular formula is C33H52N2O6. The number of carbonyl (C=O) groups is 3. The van der Waals surface area contributed by atoms with Crippen molar-refractivity contribution in [2.24, 2.45) is 10.8 Å². The maximum Gasteiger partial charge on any atom is 0.302 e. The summed E-state index contributed by atoms with van der Waals surface area (Å²) < 4.78 is 16.3. The van der Waals surface area contributed by atoms with Crippen LogP contribution in [0.5, 0.6) is 0 Å². The molecule has 0 radical (unpaired) electrons. The van der Waals surface area contributed by atoms with Crippen LogP contribution in [0.1, 0.15) is 97.0 Å². The van der Waals surface area contributed by atoms with Gasteiger partial charge in [0.25, 0.3) is 0 Å². The van der Waals surface area contributed by atoms with E-state index in [2.05, 4.69) is 41.4 Å². The fourth-order valence-electron chi connectivity index (χ4n) is 6.41. The molecule has 1 heterocycles. The highest BCUT2D eigenvalue weighted by atomic mass is 16.5. The number of nitrogens with one attached hydrogen (secondary N) is 1. The van der Waals surface area contributed by atoms with Gasteiger partial charge in [-0.3, -0.25) is 14.4 Å². The standard InChI is InChI=1S/C33H52N2O6/c1-26-8-10-30(11-9-26)34-31-12-20-35(21-13-31)22-18-32(14-6-5-7-15-32)16-17-33(24-40-28(3)37,25-41-29(4)38)19-23-39-27(2)36/h8-11,31,34H,5-7,12-25H2,1-4H3. The summed E-state index contributed by atoms with van der Waals surface area (Å²) >= 11 is 0. The van der Waals surface area contributed by atoms with Crippen LogP contribution in [-0.4, -0.2) is 68.3 Å². The van der Waals surface area contributed by atoms with Gasteiger partial charge in [-0.05, 0) is 82.4 Å².